The molecule has 2 heterocycles. The van der Waals surface area contributed by atoms with Crippen LogP contribution in [0.3, 0.4) is 0 Å². The van der Waals surface area contributed by atoms with E-state index in [9.17, 15) is 14.0 Å². The van der Waals surface area contributed by atoms with Crippen LogP contribution in [0.4, 0.5) is 4.39 Å². The Morgan fingerprint density at radius 1 is 1.30 bits per heavy atom. The van der Waals surface area contributed by atoms with Crippen LogP contribution in [-0.2, 0) is 16.0 Å². The van der Waals surface area contributed by atoms with Crippen LogP contribution in [0.5, 0.6) is 0 Å². The van der Waals surface area contributed by atoms with Gasteiger partial charge in [0.15, 0.2) is 0 Å². The zero-order valence-electron chi connectivity index (χ0n) is 15.8. The predicted molar refractivity (Wildman–Crippen MR) is 102 cm³/mol. The van der Waals surface area contributed by atoms with Gasteiger partial charge in [-0.2, -0.15) is 5.10 Å². The van der Waals surface area contributed by atoms with E-state index in [1.807, 2.05) is 12.1 Å². The van der Waals surface area contributed by atoms with Crippen LogP contribution < -0.4 is 5.43 Å². The molecule has 2 aliphatic heterocycles. The van der Waals surface area contributed by atoms with E-state index in [-0.39, 0.29) is 17.6 Å². The van der Waals surface area contributed by atoms with E-state index in [1.165, 1.54) is 6.07 Å². The molecule has 146 valence electrons. The van der Waals surface area contributed by atoms with Crippen LogP contribution in [0.2, 0.25) is 0 Å². The lowest BCUT2D eigenvalue weighted by molar-refractivity contribution is -0.124. The molecule has 1 saturated heterocycles. The molecule has 1 N–H and O–H groups in total. The molecule has 0 saturated carbocycles. The average Bonchev–Trinajstić information content (AvgIpc) is 2.68. The molecule has 27 heavy (non-hydrogen) atoms. The standard InChI is InChI=1S/C20H27FN4O2/c1-24(20(27)18-6-7-19(26)23-22-18)14-15-8-11-25(12-9-15)13-10-16-4-2-3-5-17(16)21/h2-5,15H,6-14H2,1H3,(H,23,26). The zero-order chi connectivity index (χ0) is 19.2. The minimum Gasteiger partial charge on any atom is -0.340 e. The van der Waals surface area contributed by atoms with Crippen molar-refractivity contribution in [1.82, 2.24) is 15.2 Å². The van der Waals surface area contributed by atoms with Crippen LogP contribution in [-0.4, -0.2) is 60.6 Å². The van der Waals surface area contributed by atoms with Crippen molar-refractivity contribution in [1.29, 1.82) is 0 Å². The van der Waals surface area contributed by atoms with Gasteiger partial charge in [-0.25, -0.2) is 9.82 Å². The van der Waals surface area contributed by atoms with Crippen LogP contribution in [0, 0.1) is 11.7 Å². The van der Waals surface area contributed by atoms with Crippen LogP contribution in [0.15, 0.2) is 29.4 Å². The molecule has 0 radical (unpaired) electrons. The number of carbonyl (C=O) groups excluding carboxylic acids is 2. The molecule has 2 aliphatic rings. The Hall–Kier alpha value is -2.28. The fraction of sp³-hybridized carbons (Fsp3) is 0.550. The summed E-state index contributed by atoms with van der Waals surface area (Å²) in [7, 11) is 1.80. The summed E-state index contributed by atoms with van der Waals surface area (Å²) in [5.41, 5.74) is 3.58. The number of halogens is 1. The molecule has 0 aliphatic carbocycles. The number of amides is 2. The number of nitrogens with zero attached hydrogens (tertiary/aromatic N) is 3. The minimum absolute atomic E-state index is 0.100. The SMILES string of the molecule is CN(CC1CCN(CCc2ccccc2F)CC1)C(=O)C1=NNC(=O)CC1. The summed E-state index contributed by atoms with van der Waals surface area (Å²) >= 11 is 0. The molecule has 6 nitrogen and oxygen atoms in total. The highest BCUT2D eigenvalue weighted by Crippen LogP contribution is 2.19. The smallest absolute Gasteiger partial charge is 0.269 e. The van der Waals surface area contributed by atoms with Crippen molar-refractivity contribution in [2.24, 2.45) is 11.0 Å². The highest BCUT2D eigenvalue weighted by atomic mass is 19.1. The molecule has 7 heteroatoms. The van der Waals surface area contributed by atoms with Gasteiger partial charge >= 0.3 is 0 Å². The molecule has 1 fully saturated rings. The summed E-state index contributed by atoms with van der Waals surface area (Å²) < 4.78 is 13.7. The van der Waals surface area contributed by atoms with E-state index in [0.29, 0.717) is 31.0 Å². The van der Waals surface area contributed by atoms with E-state index >= 15 is 0 Å². The number of hydrogen-bond acceptors (Lipinski definition) is 4. The fourth-order valence-corrected chi connectivity index (χ4v) is 3.69. The van der Waals surface area contributed by atoms with Crippen molar-refractivity contribution in [2.75, 3.05) is 33.2 Å². The highest BCUT2D eigenvalue weighted by molar-refractivity contribution is 6.39. The summed E-state index contributed by atoms with van der Waals surface area (Å²) in [5, 5.41) is 3.88. The third-order valence-corrected chi connectivity index (χ3v) is 5.39. The number of rotatable bonds is 6. The molecule has 0 spiro atoms. The fourth-order valence-electron chi connectivity index (χ4n) is 3.69. The summed E-state index contributed by atoms with van der Waals surface area (Å²) in [6.45, 7) is 3.50. The summed E-state index contributed by atoms with van der Waals surface area (Å²) in [6.07, 6.45) is 3.50. The first kappa shape index (κ1) is 19.5. The van der Waals surface area contributed by atoms with Crippen molar-refractivity contribution in [3.05, 3.63) is 35.6 Å². The van der Waals surface area contributed by atoms with E-state index in [1.54, 1.807) is 18.0 Å². The molecule has 0 atom stereocenters. The quantitative estimate of drug-likeness (QED) is 0.826. The van der Waals surface area contributed by atoms with Gasteiger partial charge in [0.25, 0.3) is 5.91 Å². The van der Waals surface area contributed by atoms with Gasteiger partial charge in [-0.3, -0.25) is 9.59 Å². The van der Waals surface area contributed by atoms with Crippen molar-refractivity contribution < 1.29 is 14.0 Å². The Kier molecular flexibility index (Phi) is 6.55. The number of hydrogen-bond donors (Lipinski definition) is 1. The molecule has 0 aromatic heterocycles. The van der Waals surface area contributed by atoms with E-state index in [2.05, 4.69) is 15.4 Å². The van der Waals surface area contributed by atoms with Crippen molar-refractivity contribution >= 4 is 17.5 Å². The lowest BCUT2D eigenvalue weighted by Crippen LogP contribution is -2.43. The van der Waals surface area contributed by atoms with Gasteiger partial charge in [0.1, 0.15) is 11.5 Å². The first-order chi connectivity index (χ1) is 13.0. The second-order valence-electron chi connectivity index (χ2n) is 7.41. The molecule has 0 bridgehead atoms. The maximum atomic E-state index is 13.7. The normalized spacial score (nSPS) is 18.7. The topological polar surface area (TPSA) is 65.0 Å². The molecule has 3 rings (SSSR count). The third kappa shape index (κ3) is 5.35. The predicted octanol–water partition coefficient (Wildman–Crippen LogP) is 1.80. The number of hydrazone groups is 1. The largest absolute Gasteiger partial charge is 0.340 e. The molecule has 0 unspecified atom stereocenters. The van der Waals surface area contributed by atoms with Gasteiger partial charge in [-0.15, -0.1) is 0 Å². The molecule has 2 amide bonds. The summed E-state index contributed by atoms with van der Waals surface area (Å²) in [4.78, 5) is 27.7. The second kappa shape index (κ2) is 9.08. The first-order valence-electron chi connectivity index (χ1n) is 9.59. The molecular formula is C20H27FN4O2. The van der Waals surface area contributed by atoms with E-state index < -0.39 is 0 Å². The Bertz CT molecular complexity index is 714. The molecule has 1 aromatic carbocycles. The number of piperidine rings is 1. The Morgan fingerprint density at radius 3 is 2.70 bits per heavy atom. The van der Waals surface area contributed by atoms with Gasteiger partial charge in [-0.05, 0) is 49.9 Å². The monoisotopic (exact) mass is 374 g/mol. The van der Waals surface area contributed by atoms with Gasteiger partial charge in [0.05, 0.1) is 0 Å². The number of nitrogens with one attached hydrogen (secondary N) is 1. The lowest BCUT2D eigenvalue weighted by atomic mass is 9.95. The lowest BCUT2D eigenvalue weighted by Gasteiger charge is -2.34. The van der Waals surface area contributed by atoms with Crippen LogP contribution >= 0.6 is 0 Å². The average molecular weight is 374 g/mol. The van der Waals surface area contributed by atoms with Crippen LogP contribution in [0.1, 0.15) is 31.2 Å². The van der Waals surface area contributed by atoms with Crippen molar-refractivity contribution in [3.63, 3.8) is 0 Å². The minimum atomic E-state index is -0.142. The van der Waals surface area contributed by atoms with Crippen molar-refractivity contribution in [2.45, 2.75) is 32.1 Å². The van der Waals surface area contributed by atoms with Gasteiger partial charge in [-0.1, -0.05) is 18.2 Å². The first-order valence-corrected chi connectivity index (χ1v) is 9.59. The maximum absolute atomic E-state index is 13.7. The van der Waals surface area contributed by atoms with Gasteiger partial charge in [0.2, 0.25) is 5.91 Å². The second-order valence-corrected chi connectivity index (χ2v) is 7.41. The number of carbonyl (C=O) groups is 2. The van der Waals surface area contributed by atoms with Crippen molar-refractivity contribution in [3.8, 4) is 0 Å². The van der Waals surface area contributed by atoms with Gasteiger partial charge < -0.3 is 9.80 Å². The third-order valence-electron chi connectivity index (χ3n) is 5.39. The summed E-state index contributed by atoms with van der Waals surface area (Å²) in [6, 6.07) is 6.95. The van der Waals surface area contributed by atoms with Gasteiger partial charge in [0, 0.05) is 33.0 Å². The number of likely N-dealkylation sites (tertiary alicyclic amines) is 1. The van der Waals surface area contributed by atoms with E-state index in [4.69, 9.17) is 0 Å². The highest BCUT2D eigenvalue weighted by Gasteiger charge is 2.25. The van der Waals surface area contributed by atoms with E-state index in [0.717, 1.165) is 44.5 Å². The Morgan fingerprint density at radius 2 is 2.04 bits per heavy atom. The Balaban J connectivity index is 1.40. The molecule has 1 aromatic rings. The summed E-state index contributed by atoms with van der Waals surface area (Å²) in [5.74, 6) is 0.0886. The maximum Gasteiger partial charge on any atom is 0.269 e. The van der Waals surface area contributed by atoms with Crippen LogP contribution in [0.25, 0.3) is 0 Å². The zero-order valence-corrected chi connectivity index (χ0v) is 15.8. The number of benzene rings is 1. The molecular weight excluding hydrogens is 347 g/mol. The Labute approximate surface area is 159 Å².